The number of pyridine rings is 1. The Morgan fingerprint density at radius 1 is 1.10 bits per heavy atom. The molecule has 0 spiro atoms. The number of carbonyl (C=O) groups excluding carboxylic acids is 1. The first-order valence-corrected chi connectivity index (χ1v) is 12.2. The molecule has 9 nitrogen and oxygen atoms in total. The van der Waals surface area contributed by atoms with E-state index in [1.807, 2.05) is 6.07 Å². The number of carbonyl (C=O) groups is 1. The summed E-state index contributed by atoms with van der Waals surface area (Å²) in [5, 5.41) is 3.31. The van der Waals surface area contributed by atoms with Crippen LogP contribution in [0.15, 0.2) is 53.7 Å². The van der Waals surface area contributed by atoms with Crippen LogP contribution in [0.2, 0.25) is 0 Å². The van der Waals surface area contributed by atoms with Crippen LogP contribution >= 0.6 is 0 Å². The quantitative estimate of drug-likeness (QED) is 0.478. The van der Waals surface area contributed by atoms with Crippen molar-refractivity contribution >= 4 is 36.8 Å². The Balaban J connectivity index is 1.64. The number of amides is 1. The van der Waals surface area contributed by atoms with Crippen LogP contribution in [-0.4, -0.2) is 51.3 Å². The minimum Gasteiger partial charge on any atom is -0.351 e. The average Bonchev–Trinajstić information content (AvgIpc) is 3.09. The van der Waals surface area contributed by atoms with Gasteiger partial charge in [-0.2, -0.15) is 0 Å². The summed E-state index contributed by atoms with van der Waals surface area (Å²) in [5.74, 6) is -0.643. The van der Waals surface area contributed by atoms with Crippen molar-refractivity contribution in [1.29, 1.82) is 0 Å². The molecule has 2 aromatic heterocycles. The number of hydrogen-bond donors (Lipinski definition) is 3. The van der Waals surface area contributed by atoms with E-state index in [1.54, 1.807) is 18.5 Å². The van der Waals surface area contributed by atoms with Crippen LogP contribution in [0.3, 0.4) is 0 Å². The summed E-state index contributed by atoms with van der Waals surface area (Å²) in [5.41, 5.74) is 1.67. The summed E-state index contributed by atoms with van der Waals surface area (Å²) in [6, 6.07) is 9.02. The zero-order chi connectivity index (χ0) is 21.1. The number of sulfonamides is 1. The number of aromatic nitrogens is 2. The lowest BCUT2D eigenvalue weighted by molar-refractivity contribution is 0.0956. The van der Waals surface area contributed by atoms with E-state index < -0.39 is 25.8 Å². The van der Waals surface area contributed by atoms with Gasteiger partial charge >= 0.3 is 0 Å². The van der Waals surface area contributed by atoms with E-state index in [2.05, 4.69) is 20.0 Å². The van der Waals surface area contributed by atoms with Gasteiger partial charge in [0.2, 0.25) is 10.0 Å². The van der Waals surface area contributed by atoms with E-state index in [9.17, 15) is 21.6 Å². The Morgan fingerprint density at radius 2 is 1.83 bits per heavy atom. The number of H-pyrrole nitrogens is 1. The van der Waals surface area contributed by atoms with Crippen LogP contribution in [-0.2, 0) is 26.4 Å². The Bertz CT molecular complexity index is 1230. The number of sulfone groups is 1. The molecule has 154 valence electrons. The van der Waals surface area contributed by atoms with Gasteiger partial charge in [0.15, 0.2) is 0 Å². The van der Waals surface area contributed by atoms with Crippen molar-refractivity contribution in [1.82, 2.24) is 20.0 Å². The molecule has 2 heterocycles. The van der Waals surface area contributed by atoms with Gasteiger partial charge in [-0.3, -0.25) is 4.79 Å². The van der Waals surface area contributed by atoms with Gasteiger partial charge in [0, 0.05) is 42.7 Å². The molecule has 11 heteroatoms. The highest BCUT2D eigenvalue weighted by atomic mass is 32.2. The maximum Gasteiger partial charge on any atom is 0.251 e. The van der Waals surface area contributed by atoms with E-state index in [0.717, 1.165) is 17.2 Å². The van der Waals surface area contributed by atoms with Crippen molar-refractivity contribution in [3.8, 4) is 0 Å². The molecule has 0 atom stereocenters. The molecule has 1 aromatic carbocycles. The summed E-state index contributed by atoms with van der Waals surface area (Å²) in [7, 11) is -6.95. The molecule has 0 bridgehead atoms. The van der Waals surface area contributed by atoms with Crippen molar-refractivity contribution < 1.29 is 21.6 Å². The van der Waals surface area contributed by atoms with Gasteiger partial charge in [-0.1, -0.05) is 0 Å². The van der Waals surface area contributed by atoms with Crippen LogP contribution in [0, 0.1) is 0 Å². The Morgan fingerprint density at radius 3 is 2.52 bits per heavy atom. The van der Waals surface area contributed by atoms with Crippen molar-refractivity contribution in [3.63, 3.8) is 0 Å². The molecule has 3 rings (SSSR count). The molecule has 3 aromatic rings. The van der Waals surface area contributed by atoms with Gasteiger partial charge in [-0.25, -0.2) is 26.5 Å². The second kappa shape index (κ2) is 8.31. The van der Waals surface area contributed by atoms with Gasteiger partial charge in [-0.15, -0.1) is 0 Å². The summed E-state index contributed by atoms with van der Waals surface area (Å²) < 4.78 is 49.8. The third-order valence-electron chi connectivity index (χ3n) is 4.17. The fourth-order valence-corrected chi connectivity index (χ4v) is 4.13. The highest BCUT2D eigenvalue weighted by Crippen LogP contribution is 2.17. The molecule has 1 amide bonds. The first kappa shape index (κ1) is 21.0. The fraction of sp³-hybridized carbons (Fsp3) is 0.222. The molecule has 29 heavy (non-hydrogen) atoms. The zero-order valence-corrected chi connectivity index (χ0v) is 17.2. The van der Waals surface area contributed by atoms with Gasteiger partial charge in [0.1, 0.15) is 15.5 Å². The number of nitrogens with one attached hydrogen (secondary N) is 3. The molecular weight excluding hydrogens is 416 g/mol. The highest BCUT2D eigenvalue weighted by molar-refractivity contribution is 7.90. The molecule has 0 fully saturated rings. The largest absolute Gasteiger partial charge is 0.351 e. The van der Waals surface area contributed by atoms with Gasteiger partial charge in [0.25, 0.3) is 5.91 Å². The van der Waals surface area contributed by atoms with E-state index in [4.69, 9.17) is 0 Å². The fourth-order valence-electron chi connectivity index (χ4n) is 2.65. The van der Waals surface area contributed by atoms with E-state index in [0.29, 0.717) is 5.65 Å². The van der Waals surface area contributed by atoms with Gasteiger partial charge < -0.3 is 10.3 Å². The van der Waals surface area contributed by atoms with Crippen LogP contribution in [0.5, 0.6) is 0 Å². The predicted octanol–water partition coefficient (Wildman–Crippen LogP) is 0.816. The number of benzene rings is 1. The smallest absolute Gasteiger partial charge is 0.251 e. The number of fused-ring (bicyclic) bond motifs is 1. The first-order valence-electron chi connectivity index (χ1n) is 8.62. The Kier molecular flexibility index (Phi) is 6.01. The van der Waals surface area contributed by atoms with E-state index in [1.165, 1.54) is 24.3 Å². The molecule has 0 aliphatic rings. The van der Waals surface area contributed by atoms with Crippen LogP contribution in [0.25, 0.3) is 11.0 Å². The molecular formula is C18H20N4O5S2. The molecule has 0 radical (unpaired) electrons. The Labute approximate surface area is 168 Å². The van der Waals surface area contributed by atoms with E-state index >= 15 is 0 Å². The lowest BCUT2D eigenvalue weighted by atomic mass is 10.2. The maximum absolute atomic E-state index is 12.5. The molecule has 3 N–H and O–H groups in total. The molecule has 0 saturated heterocycles. The molecule has 0 aliphatic heterocycles. The normalized spacial score (nSPS) is 12.2. The van der Waals surface area contributed by atoms with Crippen LogP contribution < -0.4 is 10.0 Å². The summed E-state index contributed by atoms with van der Waals surface area (Å²) in [4.78, 5) is 19.2. The van der Waals surface area contributed by atoms with Crippen LogP contribution in [0.4, 0.5) is 0 Å². The van der Waals surface area contributed by atoms with Crippen molar-refractivity contribution in [2.75, 3.05) is 18.6 Å². The topological polar surface area (TPSA) is 138 Å². The van der Waals surface area contributed by atoms with Crippen molar-refractivity contribution in [3.05, 3.63) is 59.9 Å². The second-order valence-electron chi connectivity index (χ2n) is 6.45. The lowest BCUT2D eigenvalue weighted by Crippen LogP contribution is -2.29. The zero-order valence-electron chi connectivity index (χ0n) is 15.5. The second-order valence-corrected chi connectivity index (χ2v) is 10.5. The van der Waals surface area contributed by atoms with Gasteiger partial charge in [0.05, 0.1) is 10.6 Å². The third-order valence-corrected chi connectivity index (χ3v) is 6.54. The molecule has 0 aliphatic carbocycles. The number of nitrogens with zero attached hydrogens (tertiary/aromatic N) is 1. The monoisotopic (exact) mass is 436 g/mol. The number of aromatic amines is 1. The maximum atomic E-state index is 12.5. The van der Waals surface area contributed by atoms with Gasteiger partial charge in [-0.05, 0) is 42.0 Å². The summed E-state index contributed by atoms with van der Waals surface area (Å²) in [6.45, 7) is 0.0699. The molecule has 0 unspecified atom stereocenters. The highest BCUT2D eigenvalue weighted by Gasteiger charge is 2.16. The standard InChI is InChI=1S/C18H20N4O5S2/c1-28(24,25)10-9-20-18(23)13-4-6-15(7-5-13)29(26,27)22-12-14-11-21-17-16(14)3-2-8-19-17/h2-8,11,22H,9-10,12H2,1H3,(H,19,21)(H,20,23). The average molecular weight is 437 g/mol. The number of hydrogen-bond acceptors (Lipinski definition) is 6. The summed E-state index contributed by atoms with van der Waals surface area (Å²) >= 11 is 0. The Hall–Kier alpha value is -2.76. The third kappa shape index (κ3) is 5.40. The molecule has 0 saturated carbocycles. The number of rotatable bonds is 8. The predicted molar refractivity (Wildman–Crippen MR) is 109 cm³/mol. The minimum absolute atomic E-state index is 0.0151. The van der Waals surface area contributed by atoms with Crippen molar-refractivity contribution in [2.45, 2.75) is 11.4 Å². The van der Waals surface area contributed by atoms with Crippen molar-refractivity contribution in [2.24, 2.45) is 0 Å². The first-order chi connectivity index (χ1) is 13.7. The lowest BCUT2D eigenvalue weighted by Gasteiger charge is -2.08. The SMILES string of the molecule is CS(=O)(=O)CCNC(=O)c1ccc(S(=O)(=O)NCc2c[nH]c3ncccc23)cc1. The summed E-state index contributed by atoms with van der Waals surface area (Å²) in [6.07, 6.45) is 4.42. The van der Waals surface area contributed by atoms with Crippen LogP contribution in [0.1, 0.15) is 15.9 Å². The van der Waals surface area contributed by atoms with E-state index in [-0.39, 0.29) is 29.3 Å². The minimum atomic E-state index is -3.78.